The Morgan fingerprint density at radius 1 is 1.29 bits per heavy atom. The molecule has 2 aromatic rings. The van der Waals surface area contributed by atoms with Crippen LogP contribution < -0.4 is 10.1 Å². The van der Waals surface area contributed by atoms with Gasteiger partial charge >= 0.3 is 5.97 Å². The molecule has 0 fully saturated rings. The first-order valence-electron chi connectivity index (χ1n) is 7.54. The first-order chi connectivity index (χ1) is 11.4. The van der Waals surface area contributed by atoms with Gasteiger partial charge in [-0.2, -0.15) is 0 Å². The maximum Gasteiger partial charge on any atom is 0.326 e. The van der Waals surface area contributed by atoms with E-state index >= 15 is 0 Å². The summed E-state index contributed by atoms with van der Waals surface area (Å²) >= 11 is 1.33. The molecule has 6 nitrogen and oxygen atoms in total. The summed E-state index contributed by atoms with van der Waals surface area (Å²) in [5.74, 6) is -0.607. The Balaban J connectivity index is 2.10. The summed E-state index contributed by atoms with van der Waals surface area (Å²) in [6, 6.07) is 6.44. The lowest BCUT2D eigenvalue weighted by atomic mass is 10.0. The van der Waals surface area contributed by atoms with Crippen molar-refractivity contribution in [1.29, 1.82) is 0 Å². The third-order valence-corrected chi connectivity index (χ3v) is 4.28. The Kier molecular flexibility index (Phi) is 5.92. The summed E-state index contributed by atoms with van der Waals surface area (Å²) in [5, 5.41) is 14.1. The average Bonchev–Trinajstić information content (AvgIpc) is 3.04. The predicted octanol–water partition coefficient (Wildman–Crippen LogP) is 3.05. The van der Waals surface area contributed by atoms with Crippen molar-refractivity contribution in [3.05, 3.63) is 35.3 Å². The first kappa shape index (κ1) is 17.9. The highest BCUT2D eigenvalue weighted by molar-refractivity contribution is 7.13. The highest BCUT2D eigenvalue weighted by Crippen LogP contribution is 2.25. The van der Waals surface area contributed by atoms with Crippen LogP contribution in [0.15, 0.2) is 29.6 Å². The molecule has 0 aliphatic heterocycles. The molecule has 1 aromatic carbocycles. The third-order valence-electron chi connectivity index (χ3n) is 3.38. The Morgan fingerprint density at radius 3 is 2.50 bits per heavy atom. The second-order valence-corrected chi connectivity index (χ2v) is 6.62. The fourth-order valence-corrected chi connectivity index (χ4v) is 2.98. The van der Waals surface area contributed by atoms with Crippen molar-refractivity contribution in [2.75, 3.05) is 7.11 Å². The zero-order chi connectivity index (χ0) is 17.7. The molecule has 128 valence electrons. The summed E-state index contributed by atoms with van der Waals surface area (Å²) < 4.78 is 5.11. The van der Waals surface area contributed by atoms with E-state index in [4.69, 9.17) is 4.74 Å². The molecule has 0 aliphatic rings. The van der Waals surface area contributed by atoms with E-state index in [1.165, 1.54) is 11.3 Å². The number of ether oxygens (including phenoxy) is 1. The van der Waals surface area contributed by atoms with Crippen molar-refractivity contribution in [2.24, 2.45) is 5.92 Å². The lowest BCUT2D eigenvalue weighted by Gasteiger charge is -2.15. The Labute approximate surface area is 144 Å². The number of carbonyl (C=O) groups is 2. The highest BCUT2D eigenvalue weighted by Gasteiger charge is 2.23. The van der Waals surface area contributed by atoms with Crippen LogP contribution in [0.1, 0.15) is 30.8 Å². The number of aromatic nitrogens is 1. The molecule has 1 aromatic heterocycles. The number of amides is 1. The van der Waals surface area contributed by atoms with E-state index in [9.17, 15) is 14.7 Å². The van der Waals surface area contributed by atoms with Gasteiger partial charge in [-0.3, -0.25) is 4.79 Å². The lowest BCUT2D eigenvalue weighted by Crippen LogP contribution is -2.41. The summed E-state index contributed by atoms with van der Waals surface area (Å²) in [4.78, 5) is 27.8. The zero-order valence-corrected chi connectivity index (χ0v) is 14.6. The lowest BCUT2D eigenvalue weighted by molar-refractivity contribution is -0.139. The predicted molar refractivity (Wildman–Crippen MR) is 92.4 cm³/mol. The van der Waals surface area contributed by atoms with Crippen molar-refractivity contribution in [3.8, 4) is 16.3 Å². The smallest absolute Gasteiger partial charge is 0.326 e. The van der Waals surface area contributed by atoms with Crippen LogP contribution in [0.3, 0.4) is 0 Å². The summed E-state index contributed by atoms with van der Waals surface area (Å²) in [5.41, 5.74) is 1.10. The zero-order valence-electron chi connectivity index (χ0n) is 13.8. The molecule has 0 saturated heterocycles. The van der Waals surface area contributed by atoms with Gasteiger partial charge in [0.25, 0.3) is 5.91 Å². The highest BCUT2D eigenvalue weighted by atomic mass is 32.1. The van der Waals surface area contributed by atoms with Gasteiger partial charge < -0.3 is 15.2 Å². The fraction of sp³-hybridized carbons (Fsp3) is 0.353. The molecule has 1 unspecified atom stereocenters. The normalized spacial score (nSPS) is 12.0. The van der Waals surface area contributed by atoms with Crippen LogP contribution in [0.5, 0.6) is 5.75 Å². The first-order valence-corrected chi connectivity index (χ1v) is 8.42. The molecule has 1 heterocycles. The molecule has 0 aliphatic carbocycles. The van der Waals surface area contributed by atoms with Gasteiger partial charge in [-0.15, -0.1) is 11.3 Å². The molecule has 1 atom stereocenters. The van der Waals surface area contributed by atoms with Gasteiger partial charge in [-0.05, 0) is 36.6 Å². The van der Waals surface area contributed by atoms with Gasteiger partial charge in [0.15, 0.2) is 0 Å². The number of thiazole rings is 1. The largest absolute Gasteiger partial charge is 0.497 e. The molecule has 2 rings (SSSR count). The van der Waals surface area contributed by atoms with E-state index in [1.54, 1.807) is 12.5 Å². The molecule has 0 spiro atoms. The van der Waals surface area contributed by atoms with Crippen LogP contribution in [0.4, 0.5) is 0 Å². The van der Waals surface area contributed by atoms with Crippen LogP contribution >= 0.6 is 11.3 Å². The van der Waals surface area contributed by atoms with Crippen molar-refractivity contribution in [1.82, 2.24) is 10.3 Å². The summed E-state index contributed by atoms with van der Waals surface area (Å²) in [6.45, 7) is 3.82. The van der Waals surface area contributed by atoms with Gasteiger partial charge in [-0.25, -0.2) is 9.78 Å². The van der Waals surface area contributed by atoms with Crippen LogP contribution in [-0.2, 0) is 4.79 Å². The Bertz CT molecular complexity index is 710. The van der Waals surface area contributed by atoms with Crippen molar-refractivity contribution in [2.45, 2.75) is 26.3 Å². The molecular formula is C17H20N2O4S. The second kappa shape index (κ2) is 7.92. The minimum Gasteiger partial charge on any atom is -0.497 e. The van der Waals surface area contributed by atoms with Crippen molar-refractivity contribution < 1.29 is 19.4 Å². The maximum atomic E-state index is 12.2. The number of hydrogen-bond acceptors (Lipinski definition) is 5. The Hall–Kier alpha value is -2.41. The molecule has 7 heteroatoms. The summed E-state index contributed by atoms with van der Waals surface area (Å²) in [6.07, 6.45) is 0.372. The number of carboxylic acid groups (broad SMARTS) is 1. The van der Waals surface area contributed by atoms with E-state index < -0.39 is 17.9 Å². The number of hydrogen-bond donors (Lipinski definition) is 2. The average molecular weight is 348 g/mol. The van der Waals surface area contributed by atoms with Gasteiger partial charge in [0.2, 0.25) is 0 Å². The molecule has 24 heavy (non-hydrogen) atoms. The molecular weight excluding hydrogens is 328 g/mol. The second-order valence-electron chi connectivity index (χ2n) is 5.76. The molecule has 0 radical (unpaired) electrons. The maximum absolute atomic E-state index is 12.2. The van der Waals surface area contributed by atoms with E-state index in [0.29, 0.717) is 11.4 Å². The third kappa shape index (κ3) is 4.55. The van der Waals surface area contributed by atoms with Gasteiger partial charge in [-0.1, -0.05) is 13.8 Å². The van der Waals surface area contributed by atoms with E-state index in [2.05, 4.69) is 10.3 Å². The van der Waals surface area contributed by atoms with Crippen LogP contribution in [0, 0.1) is 5.92 Å². The summed E-state index contributed by atoms with van der Waals surface area (Å²) in [7, 11) is 1.59. The number of nitrogens with zero attached hydrogens (tertiary/aromatic N) is 1. The molecule has 0 bridgehead atoms. The minimum atomic E-state index is -1.04. The monoisotopic (exact) mass is 348 g/mol. The number of methoxy groups -OCH3 is 1. The number of nitrogens with one attached hydrogen (secondary N) is 1. The molecule has 2 N–H and O–H groups in total. The number of carbonyl (C=O) groups excluding carboxylic acids is 1. The molecule has 1 amide bonds. The van der Waals surface area contributed by atoms with E-state index in [-0.39, 0.29) is 11.6 Å². The quantitative estimate of drug-likeness (QED) is 0.803. The van der Waals surface area contributed by atoms with Crippen molar-refractivity contribution >= 4 is 23.2 Å². The van der Waals surface area contributed by atoms with Crippen LogP contribution in [0.2, 0.25) is 0 Å². The number of carboxylic acids is 1. The van der Waals surface area contributed by atoms with Gasteiger partial charge in [0.05, 0.1) is 7.11 Å². The number of rotatable bonds is 7. The van der Waals surface area contributed by atoms with Crippen molar-refractivity contribution in [3.63, 3.8) is 0 Å². The van der Waals surface area contributed by atoms with E-state index in [0.717, 1.165) is 11.3 Å². The number of aliphatic carboxylic acids is 1. The van der Waals surface area contributed by atoms with Gasteiger partial charge in [0.1, 0.15) is 22.5 Å². The topological polar surface area (TPSA) is 88.5 Å². The number of benzene rings is 1. The minimum absolute atomic E-state index is 0.164. The van der Waals surface area contributed by atoms with Gasteiger partial charge in [0, 0.05) is 10.9 Å². The van der Waals surface area contributed by atoms with Crippen LogP contribution in [0.25, 0.3) is 10.6 Å². The molecule has 0 saturated carbocycles. The van der Waals surface area contributed by atoms with Crippen LogP contribution in [-0.4, -0.2) is 35.1 Å². The standard InChI is InChI=1S/C17H20N2O4S/c1-10(2)8-13(17(21)22)18-15(20)14-9-24-16(19-14)11-4-6-12(23-3)7-5-11/h4-7,9-10,13H,8H2,1-3H3,(H,18,20)(H,21,22). The SMILES string of the molecule is COc1ccc(-c2nc(C(=O)NC(CC(C)C)C(=O)O)cs2)cc1. The Morgan fingerprint density at radius 2 is 1.96 bits per heavy atom. The fourth-order valence-electron chi connectivity index (χ4n) is 2.17. The van der Waals surface area contributed by atoms with E-state index in [1.807, 2.05) is 38.1 Å².